The lowest BCUT2D eigenvalue weighted by atomic mass is 9.86. The lowest BCUT2D eigenvalue weighted by Crippen LogP contribution is -2.39. The smallest absolute Gasteiger partial charge is 0.335 e. The maximum Gasteiger partial charge on any atom is 0.335 e. The Bertz CT molecular complexity index is 459. The fourth-order valence-corrected chi connectivity index (χ4v) is 1.72. The zero-order valence-electron chi connectivity index (χ0n) is 14.1. The zero-order valence-corrected chi connectivity index (χ0v) is 14.1. The maximum atomic E-state index is 10.3. The quantitative estimate of drug-likeness (QED) is 0.571. The molecule has 0 heterocycles. The van der Waals surface area contributed by atoms with Crippen LogP contribution in [0.4, 0.5) is 0 Å². The van der Waals surface area contributed by atoms with Crippen LogP contribution in [0.15, 0.2) is 24.3 Å². The molecule has 1 aromatic rings. The molecule has 1 aromatic carbocycles. The molecule has 6 heteroatoms. The van der Waals surface area contributed by atoms with Gasteiger partial charge in [0.2, 0.25) is 0 Å². The molecule has 130 valence electrons. The number of carbonyl (C=O) groups is 2. The number of hydrogen-bond donors (Lipinski definition) is 4. The summed E-state index contributed by atoms with van der Waals surface area (Å²) in [4.78, 5) is 20.7. The molecule has 6 N–H and O–H groups in total. The van der Waals surface area contributed by atoms with E-state index in [4.69, 9.17) is 21.7 Å². The summed E-state index contributed by atoms with van der Waals surface area (Å²) in [5, 5.41) is 16.9. The van der Waals surface area contributed by atoms with Gasteiger partial charge in [0, 0.05) is 5.54 Å². The van der Waals surface area contributed by atoms with Crippen molar-refractivity contribution in [1.29, 1.82) is 0 Å². The third-order valence-electron chi connectivity index (χ3n) is 3.74. The molecule has 0 aliphatic carbocycles. The molecule has 0 aromatic heterocycles. The van der Waals surface area contributed by atoms with Crippen molar-refractivity contribution in [2.45, 2.75) is 45.6 Å². The summed E-state index contributed by atoms with van der Waals surface area (Å²) in [5.74, 6) is -1.53. The van der Waals surface area contributed by atoms with Crippen molar-refractivity contribution < 1.29 is 19.8 Å². The molecule has 0 aliphatic rings. The number of carboxylic acids is 2. The van der Waals surface area contributed by atoms with Gasteiger partial charge in [-0.3, -0.25) is 0 Å². The van der Waals surface area contributed by atoms with Crippen molar-refractivity contribution in [1.82, 2.24) is 0 Å². The van der Waals surface area contributed by atoms with Gasteiger partial charge < -0.3 is 21.7 Å². The minimum absolute atomic E-state index is 0.0331. The Balaban J connectivity index is 0.000000423. The molecule has 0 fully saturated rings. The summed E-state index contributed by atoms with van der Waals surface area (Å²) in [6.07, 6.45) is 3.53. The van der Waals surface area contributed by atoms with Crippen LogP contribution in [-0.2, 0) is 0 Å². The van der Waals surface area contributed by atoms with E-state index in [9.17, 15) is 9.59 Å². The SMILES string of the molecule is CC(CCCCN)C(C)(C)N.O=C(O)c1ccc(C(=O)O)cc1. The lowest BCUT2D eigenvalue weighted by molar-refractivity contribution is 0.0681. The van der Waals surface area contributed by atoms with Crippen molar-refractivity contribution in [2.75, 3.05) is 6.54 Å². The summed E-state index contributed by atoms with van der Waals surface area (Å²) >= 11 is 0. The van der Waals surface area contributed by atoms with E-state index in [0.717, 1.165) is 13.0 Å². The summed E-state index contributed by atoms with van der Waals surface area (Å²) in [7, 11) is 0. The molecule has 0 bridgehead atoms. The summed E-state index contributed by atoms with van der Waals surface area (Å²) < 4.78 is 0. The highest BCUT2D eigenvalue weighted by Crippen LogP contribution is 2.18. The van der Waals surface area contributed by atoms with Gasteiger partial charge in [-0.05, 0) is 63.4 Å². The van der Waals surface area contributed by atoms with Gasteiger partial charge in [-0.15, -0.1) is 0 Å². The van der Waals surface area contributed by atoms with Crippen LogP contribution in [0.5, 0.6) is 0 Å². The average Bonchev–Trinajstić information content (AvgIpc) is 2.47. The van der Waals surface area contributed by atoms with Gasteiger partial charge in [0.25, 0.3) is 0 Å². The number of aromatic carboxylic acids is 2. The van der Waals surface area contributed by atoms with Gasteiger partial charge in [-0.25, -0.2) is 9.59 Å². The van der Waals surface area contributed by atoms with E-state index >= 15 is 0 Å². The molecule has 0 saturated heterocycles. The number of rotatable bonds is 7. The fraction of sp³-hybridized carbons (Fsp3) is 0.529. The normalized spacial score (nSPS) is 12.0. The Labute approximate surface area is 137 Å². The largest absolute Gasteiger partial charge is 0.478 e. The number of carboxylic acid groups (broad SMARTS) is 2. The fourth-order valence-electron chi connectivity index (χ4n) is 1.72. The first kappa shape index (κ1) is 21.1. The van der Waals surface area contributed by atoms with Gasteiger partial charge in [0.15, 0.2) is 0 Å². The molecule has 1 atom stereocenters. The summed E-state index contributed by atoms with van der Waals surface area (Å²) in [6.45, 7) is 7.18. The standard InChI is InChI=1S/C9H22N2.C8H6O4/c1-8(9(2,3)11)6-4-5-7-10;9-7(10)5-1-2-6(4-3-5)8(11)12/h8H,4-7,10-11H2,1-3H3;1-4H,(H,9,10)(H,11,12). The van der Waals surface area contributed by atoms with Crippen molar-refractivity contribution in [2.24, 2.45) is 17.4 Å². The Morgan fingerprint density at radius 1 is 1.04 bits per heavy atom. The van der Waals surface area contributed by atoms with Crippen LogP contribution in [0, 0.1) is 5.92 Å². The topological polar surface area (TPSA) is 127 Å². The number of hydrogen-bond acceptors (Lipinski definition) is 4. The molecule has 6 nitrogen and oxygen atoms in total. The van der Waals surface area contributed by atoms with Gasteiger partial charge in [0.1, 0.15) is 0 Å². The number of unbranched alkanes of at least 4 members (excludes halogenated alkanes) is 1. The molecular weight excluding hydrogens is 296 g/mol. The third-order valence-corrected chi connectivity index (χ3v) is 3.74. The van der Waals surface area contributed by atoms with Crippen LogP contribution in [0.2, 0.25) is 0 Å². The van der Waals surface area contributed by atoms with Crippen LogP contribution in [-0.4, -0.2) is 34.2 Å². The zero-order chi connectivity index (χ0) is 18.0. The van der Waals surface area contributed by atoms with Crippen molar-refractivity contribution in [3.63, 3.8) is 0 Å². The highest BCUT2D eigenvalue weighted by atomic mass is 16.4. The predicted octanol–water partition coefficient (Wildman–Crippen LogP) is 2.57. The van der Waals surface area contributed by atoms with Crippen LogP contribution in [0.1, 0.15) is 60.7 Å². The molecule has 0 amide bonds. The first-order chi connectivity index (χ1) is 10.6. The first-order valence-corrected chi connectivity index (χ1v) is 7.65. The first-order valence-electron chi connectivity index (χ1n) is 7.65. The molecule has 0 radical (unpaired) electrons. The molecule has 1 unspecified atom stereocenters. The van der Waals surface area contributed by atoms with Gasteiger partial charge in [-0.1, -0.05) is 13.3 Å². The minimum Gasteiger partial charge on any atom is -0.478 e. The van der Waals surface area contributed by atoms with E-state index < -0.39 is 11.9 Å². The predicted molar refractivity (Wildman–Crippen MR) is 90.7 cm³/mol. The van der Waals surface area contributed by atoms with E-state index in [1.54, 1.807) is 0 Å². The van der Waals surface area contributed by atoms with E-state index in [1.165, 1.54) is 37.1 Å². The average molecular weight is 324 g/mol. The summed E-state index contributed by atoms with van der Waals surface area (Å²) in [5.41, 5.74) is 11.5. The lowest BCUT2D eigenvalue weighted by Gasteiger charge is -2.27. The van der Waals surface area contributed by atoms with Crippen LogP contribution in [0.3, 0.4) is 0 Å². The molecule has 23 heavy (non-hydrogen) atoms. The molecule has 0 saturated carbocycles. The number of nitrogens with two attached hydrogens (primary N) is 2. The second-order valence-electron chi connectivity index (χ2n) is 6.19. The van der Waals surface area contributed by atoms with Gasteiger partial charge >= 0.3 is 11.9 Å². The third kappa shape index (κ3) is 8.95. The Morgan fingerprint density at radius 2 is 1.43 bits per heavy atom. The molecule has 0 aliphatic heterocycles. The second kappa shape index (κ2) is 9.97. The van der Waals surface area contributed by atoms with Gasteiger partial charge in [0.05, 0.1) is 11.1 Å². The van der Waals surface area contributed by atoms with Crippen molar-refractivity contribution >= 4 is 11.9 Å². The Morgan fingerprint density at radius 3 is 1.70 bits per heavy atom. The molecular formula is C17H28N2O4. The molecule has 1 rings (SSSR count). The van der Waals surface area contributed by atoms with E-state index in [-0.39, 0.29) is 16.7 Å². The number of benzene rings is 1. The summed E-state index contributed by atoms with van der Waals surface area (Å²) in [6, 6.07) is 5.02. The Hall–Kier alpha value is -1.92. The highest BCUT2D eigenvalue weighted by Gasteiger charge is 2.19. The van der Waals surface area contributed by atoms with Crippen molar-refractivity contribution in [3.8, 4) is 0 Å². The van der Waals surface area contributed by atoms with Crippen LogP contribution in [0.25, 0.3) is 0 Å². The molecule has 0 spiro atoms. The maximum absolute atomic E-state index is 10.3. The second-order valence-corrected chi connectivity index (χ2v) is 6.19. The van der Waals surface area contributed by atoms with Gasteiger partial charge in [-0.2, -0.15) is 0 Å². The minimum atomic E-state index is -1.06. The van der Waals surface area contributed by atoms with E-state index in [1.807, 2.05) is 0 Å². The monoisotopic (exact) mass is 324 g/mol. The van der Waals surface area contributed by atoms with Crippen LogP contribution < -0.4 is 11.5 Å². The van der Waals surface area contributed by atoms with E-state index in [2.05, 4.69) is 20.8 Å². The van der Waals surface area contributed by atoms with E-state index in [0.29, 0.717) is 5.92 Å². The Kier molecular flexibility index (Phi) is 9.14. The highest BCUT2D eigenvalue weighted by molar-refractivity contribution is 5.91. The van der Waals surface area contributed by atoms with Crippen LogP contribution >= 0.6 is 0 Å². The van der Waals surface area contributed by atoms with Crippen molar-refractivity contribution in [3.05, 3.63) is 35.4 Å².